The average molecular weight is 324 g/mol. The quantitative estimate of drug-likeness (QED) is 0.396. The lowest BCUT2D eigenvalue weighted by atomic mass is 10.1. The zero-order chi connectivity index (χ0) is 17.1. The predicted octanol–water partition coefficient (Wildman–Crippen LogP) is -0.0252. The molecule has 122 valence electrons. The summed E-state index contributed by atoms with van der Waals surface area (Å²) >= 11 is 0. The number of carbonyl (C=O) groups excluding carboxylic acids is 3. The van der Waals surface area contributed by atoms with Gasteiger partial charge in [-0.3, -0.25) is 14.5 Å². The Morgan fingerprint density at radius 1 is 1.39 bits per heavy atom. The highest BCUT2D eigenvalue weighted by Gasteiger charge is 2.31. The number of benzene rings is 1. The molecular weight excluding hydrogens is 311 g/mol. The summed E-state index contributed by atoms with van der Waals surface area (Å²) in [6.07, 6.45) is 0.971. The molecule has 0 aromatic heterocycles. The predicted molar refractivity (Wildman–Crippen MR) is 74.9 cm³/mol. The average Bonchev–Trinajstić information content (AvgIpc) is 2.77. The molecule has 2 rings (SSSR count). The number of aliphatic hydroxyl groups excluding tert-OH is 1. The van der Waals surface area contributed by atoms with E-state index < -0.39 is 41.5 Å². The van der Waals surface area contributed by atoms with Gasteiger partial charge in [-0.1, -0.05) is 0 Å². The lowest BCUT2D eigenvalue weighted by molar-refractivity contribution is -0.137. The lowest BCUT2D eigenvalue weighted by Crippen LogP contribution is -2.34. The standard InChI is InChI=1S/C14H13FN2O6/c1-23-14(22)7-4-9(11(19)5-8(7)15)16-10-6-12(20)17(2-3-18)13(10)21/h4-6,16,18-19H,2-3H2,1H3. The Balaban J connectivity index is 2.31. The van der Waals surface area contributed by atoms with E-state index in [-0.39, 0.29) is 17.9 Å². The molecule has 23 heavy (non-hydrogen) atoms. The Morgan fingerprint density at radius 3 is 2.70 bits per heavy atom. The molecule has 1 aromatic carbocycles. The van der Waals surface area contributed by atoms with Gasteiger partial charge in [0.2, 0.25) is 0 Å². The molecule has 8 nitrogen and oxygen atoms in total. The Morgan fingerprint density at radius 2 is 2.09 bits per heavy atom. The monoisotopic (exact) mass is 324 g/mol. The van der Waals surface area contributed by atoms with Crippen molar-refractivity contribution in [2.45, 2.75) is 0 Å². The molecular formula is C14H13FN2O6. The maximum atomic E-state index is 13.6. The molecule has 0 fully saturated rings. The molecule has 0 spiro atoms. The minimum absolute atomic E-state index is 0.148. The van der Waals surface area contributed by atoms with Crippen LogP contribution in [0.5, 0.6) is 5.75 Å². The third kappa shape index (κ3) is 3.14. The molecule has 1 aliphatic heterocycles. The Kier molecular flexibility index (Phi) is 4.60. The number of methoxy groups -OCH3 is 1. The first-order valence-electron chi connectivity index (χ1n) is 6.45. The van der Waals surface area contributed by atoms with Crippen LogP contribution in [0.1, 0.15) is 10.4 Å². The van der Waals surface area contributed by atoms with Crippen LogP contribution in [0, 0.1) is 5.82 Å². The normalized spacial score (nSPS) is 14.0. The fourth-order valence-electron chi connectivity index (χ4n) is 1.98. The Bertz CT molecular complexity index is 715. The number of rotatable bonds is 5. The van der Waals surface area contributed by atoms with Crippen molar-refractivity contribution in [3.8, 4) is 5.75 Å². The summed E-state index contributed by atoms with van der Waals surface area (Å²) in [6.45, 7) is -0.574. The summed E-state index contributed by atoms with van der Waals surface area (Å²) in [5, 5.41) is 21.0. The largest absolute Gasteiger partial charge is 0.506 e. The van der Waals surface area contributed by atoms with E-state index in [1.807, 2.05) is 0 Å². The number of phenols is 1. The fraction of sp³-hybridized carbons (Fsp3) is 0.214. The molecule has 0 saturated heterocycles. The number of esters is 1. The van der Waals surface area contributed by atoms with E-state index in [2.05, 4.69) is 10.1 Å². The number of amides is 2. The molecule has 0 radical (unpaired) electrons. The van der Waals surface area contributed by atoms with Gasteiger partial charge in [-0.25, -0.2) is 9.18 Å². The van der Waals surface area contributed by atoms with Crippen LogP contribution in [0.3, 0.4) is 0 Å². The van der Waals surface area contributed by atoms with Crippen LogP contribution < -0.4 is 5.32 Å². The summed E-state index contributed by atoms with van der Waals surface area (Å²) in [6, 6.07) is 1.64. The van der Waals surface area contributed by atoms with E-state index >= 15 is 0 Å². The first-order chi connectivity index (χ1) is 10.9. The molecule has 9 heteroatoms. The van der Waals surface area contributed by atoms with E-state index in [4.69, 9.17) is 5.11 Å². The topological polar surface area (TPSA) is 116 Å². The minimum atomic E-state index is -0.996. The third-order valence-corrected chi connectivity index (χ3v) is 3.09. The number of anilines is 1. The molecule has 3 N–H and O–H groups in total. The first kappa shape index (κ1) is 16.4. The van der Waals surface area contributed by atoms with Crippen LogP contribution in [-0.2, 0) is 14.3 Å². The molecule has 0 aliphatic carbocycles. The highest BCUT2D eigenvalue weighted by atomic mass is 19.1. The fourth-order valence-corrected chi connectivity index (χ4v) is 1.98. The van der Waals surface area contributed by atoms with Gasteiger partial charge in [0, 0.05) is 12.1 Å². The van der Waals surface area contributed by atoms with Crippen LogP contribution in [0.4, 0.5) is 10.1 Å². The van der Waals surface area contributed by atoms with Crippen molar-refractivity contribution in [2.75, 3.05) is 25.6 Å². The first-order valence-corrected chi connectivity index (χ1v) is 6.45. The number of ether oxygens (including phenoxy) is 1. The Hall–Kier alpha value is -2.94. The number of nitrogens with zero attached hydrogens (tertiary/aromatic N) is 1. The van der Waals surface area contributed by atoms with Crippen LogP contribution in [0.25, 0.3) is 0 Å². The smallest absolute Gasteiger partial charge is 0.340 e. The van der Waals surface area contributed by atoms with Crippen molar-refractivity contribution in [1.29, 1.82) is 0 Å². The molecule has 0 unspecified atom stereocenters. The molecule has 1 heterocycles. The second-order valence-electron chi connectivity index (χ2n) is 4.54. The van der Waals surface area contributed by atoms with Gasteiger partial charge >= 0.3 is 5.97 Å². The third-order valence-electron chi connectivity index (χ3n) is 3.09. The van der Waals surface area contributed by atoms with Crippen molar-refractivity contribution in [1.82, 2.24) is 4.90 Å². The van der Waals surface area contributed by atoms with E-state index in [1.54, 1.807) is 0 Å². The lowest BCUT2D eigenvalue weighted by Gasteiger charge is -2.14. The number of hydrogen-bond acceptors (Lipinski definition) is 7. The van der Waals surface area contributed by atoms with Crippen molar-refractivity contribution in [3.05, 3.63) is 35.3 Å². The SMILES string of the molecule is COC(=O)c1cc(NC2=CC(=O)N(CCO)C2=O)c(O)cc1F. The van der Waals surface area contributed by atoms with E-state index in [1.165, 1.54) is 0 Å². The zero-order valence-electron chi connectivity index (χ0n) is 12.0. The van der Waals surface area contributed by atoms with Crippen molar-refractivity contribution < 1.29 is 33.7 Å². The summed E-state index contributed by atoms with van der Waals surface area (Å²) < 4.78 is 18.0. The summed E-state index contributed by atoms with van der Waals surface area (Å²) in [5.74, 6) is -3.87. The Labute approximate surface area is 129 Å². The van der Waals surface area contributed by atoms with Gasteiger partial charge in [-0.2, -0.15) is 0 Å². The number of carbonyl (C=O) groups is 3. The molecule has 1 aliphatic rings. The molecule has 2 amide bonds. The van der Waals surface area contributed by atoms with Gasteiger partial charge in [-0.05, 0) is 6.07 Å². The van der Waals surface area contributed by atoms with E-state index in [9.17, 15) is 23.9 Å². The van der Waals surface area contributed by atoms with Crippen molar-refractivity contribution in [2.24, 2.45) is 0 Å². The number of imide groups is 1. The minimum Gasteiger partial charge on any atom is -0.506 e. The summed E-state index contributed by atoms with van der Waals surface area (Å²) in [7, 11) is 1.07. The van der Waals surface area contributed by atoms with E-state index in [0.717, 1.165) is 24.2 Å². The van der Waals surface area contributed by atoms with Crippen LogP contribution in [0.15, 0.2) is 23.9 Å². The maximum absolute atomic E-state index is 13.6. The van der Waals surface area contributed by atoms with Gasteiger partial charge in [0.1, 0.15) is 17.3 Å². The second-order valence-corrected chi connectivity index (χ2v) is 4.54. The number of aromatic hydroxyl groups is 1. The number of halogens is 1. The molecule has 0 atom stereocenters. The highest BCUT2D eigenvalue weighted by molar-refractivity contribution is 6.17. The van der Waals surface area contributed by atoms with Gasteiger partial charge in [0.05, 0.1) is 31.5 Å². The summed E-state index contributed by atoms with van der Waals surface area (Å²) in [5.41, 5.74) is -0.774. The van der Waals surface area contributed by atoms with Gasteiger partial charge in [0.25, 0.3) is 11.8 Å². The highest BCUT2D eigenvalue weighted by Crippen LogP contribution is 2.29. The van der Waals surface area contributed by atoms with Crippen LogP contribution in [-0.4, -0.2) is 53.2 Å². The van der Waals surface area contributed by atoms with Gasteiger partial charge in [0.15, 0.2) is 0 Å². The molecule has 1 aromatic rings. The zero-order valence-corrected chi connectivity index (χ0v) is 12.0. The maximum Gasteiger partial charge on any atom is 0.340 e. The number of aliphatic hydroxyl groups is 1. The molecule has 0 saturated carbocycles. The van der Waals surface area contributed by atoms with E-state index in [0.29, 0.717) is 6.07 Å². The van der Waals surface area contributed by atoms with Crippen molar-refractivity contribution >= 4 is 23.5 Å². The number of nitrogens with one attached hydrogen (secondary N) is 1. The van der Waals surface area contributed by atoms with Crippen LogP contribution >= 0.6 is 0 Å². The second kappa shape index (κ2) is 6.44. The number of β-amino-alcohol motifs (C(OH)–C–C–N with tert-alkyl or cyclic N) is 1. The number of hydrogen-bond donors (Lipinski definition) is 3. The van der Waals surface area contributed by atoms with Crippen molar-refractivity contribution in [3.63, 3.8) is 0 Å². The van der Waals surface area contributed by atoms with Gasteiger partial charge in [-0.15, -0.1) is 0 Å². The van der Waals surface area contributed by atoms with Crippen LogP contribution in [0.2, 0.25) is 0 Å². The number of phenolic OH excluding ortho intramolecular Hbond substituents is 1. The van der Waals surface area contributed by atoms with Gasteiger partial charge < -0.3 is 20.3 Å². The summed E-state index contributed by atoms with van der Waals surface area (Å²) in [4.78, 5) is 35.8. The molecule has 0 bridgehead atoms.